The third kappa shape index (κ3) is 6.12. The zero-order valence-electron chi connectivity index (χ0n) is 15.2. The molecule has 0 bridgehead atoms. The number of carbonyl (C=O) groups excluding carboxylic acids is 2. The number of benzene rings is 2. The molecule has 0 aliphatic rings. The molecule has 0 N–H and O–H groups in total. The second kappa shape index (κ2) is 10.1. The standard InChI is InChI=1S/C21H21Cl2NO3/c1-3-24(4-2)21(26)14-27-18-10-6-16(7-11-18)20(25)12-8-15-5-9-17(22)13-19(15)23/h5-13H,3-4,14H2,1-2H3/b12-8+. The van der Waals surface area contributed by atoms with Crippen molar-refractivity contribution in [2.75, 3.05) is 19.7 Å². The number of carbonyl (C=O) groups is 2. The molecule has 0 unspecified atom stereocenters. The first-order valence-electron chi connectivity index (χ1n) is 8.62. The minimum atomic E-state index is -0.160. The Morgan fingerprint density at radius 3 is 2.30 bits per heavy atom. The van der Waals surface area contributed by atoms with Crippen molar-refractivity contribution in [3.63, 3.8) is 0 Å². The van der Waals surface area contributed by atoms with Gasteiger partial charge in [0.25, 0.3) is 5.91 Å². The average Bonchev–Trinajstić information content (AvgIpc) is 2.67. The van der Waals surface area contributed by atoms with E-state index in [9.17, 15) is 9.59 Å². The Bertz CT molecular complexity index is 828. The molecule has 6 heteroatoms. The van der Waals surface area contributed by atoms with Gasteiger partial charge in [0.15, 0.2) is 12.4 Å². The fourth-order valence-corrected chi connectivity index (χ4v) is 2.90. The van der Waals surface area contributed by atoms with Gasteiger partial charge in [-0.3, -0.25) is 9.59 Å². The maximum absolute atomic E-state index is 12.3. The number of rotatable bonds is 8. The van der Waals surface area contributed by atoms with Gasteiger partial charge in [0, 0.05) is 28.7 Å². The number of likely N-dealkylation sites (N-methyl/N-ethyl adjacent to an activating group) is 1. The molecule has 0 aliphatic heterocycles. The number of amides is 1. The molecule has 0 saturated heterocycles. The molecule has 142 valence electrons. The highest BCUT2D eigenvalue weighted by molar-refractivity contribution is 6.35. The van der Waals surface area contributed by atoms with Crippen LogP contribution in [0.3, 0.4) is 0 Å². The summed E-state index contributed by atoms with van der Waals surface area (Å²) in [6, 6.07) is 11.7. The number of ether oxygens (including phenoxy) is 1. The molecular weight excluding hydrogens is 385 g/mol. The summed E-state index contributed by atoms with van der Waals surface area (Å²) in [5.41, 5.74) is 1.23. The molecule has 4 nitrogen and oxygen atoms in total. The van der Waals surface area contributed by atoms with E-state index in [2.05, 4.69) is 0 Å². The van der Waals surface area contributed by atoms with Crippen LogP contribution in [0.25, 0.3) is 6.08 Å². The molecule has 2 rings (SSSR count). The topological polar surface area (TPSA) is 46.6 Å². The zero-order valence-corrected chi connectivity index (χ0v) is 16.8. The van der Waals surface area contributed by atoms with Crippen molar-refractivity contribution < 1.29 is 14.3 Å². The Morgan fingerprint density at radius 1 is 1.04 bits per heavy atom. The first-order valence-corrected chi connectivity index (χ1v) is 9.38. The molecule has 0 aromatic heterocycles. The lowest BCUT2D eigenvalue weighted by molar-refractivity contribution is -0.132. The summed E-state index contributed by atoms with van der Waals surface area (Å²) in [7, 11) is 0. The lowest BCUT2D eigenvalue weighted by Gasteiger charge is -2.18. The summed E-state index contributed by atoms with van der Waals surface area (Å²) in [5.74, 6) is 0.312. The minimum absolute atomic E-state index is 0.0239. The van der Waals surface area contributed by atoms with Crippen LogP contribution in [0.2, 0.25) is 10.0 Å². The monoisotopic (exact) mass is 405 g/mol. The number of hydrogen-bond acceptors (Lipinski definition) is 3. The van der Waals surface area contributed by atoms with E-state index in [-0.39, 0.29) is 18.3 Å². The molecule has 0 atom stereocenters. The minimum Gasteiger partial charge on any atom is -0.484 e. The van der Waals surface area contributed by atoms with Crippen molar-refractivity contribution in [3.05, 3.63) is 69.7 Å². The molecule has 0 radical (unpaired) electrons. The number of ketones is 1. The number of nitrogens with zero attached hydrogens (tertiary/aromatic N) is 1. The van der Waals surface area contributed by atoms with Crippen molar-refractivity contribution in [1.29, 1.82) is 0 Å². The quantitative estimate of drug-likeness (QED) is 0.451. The van der Waals surface area contributed by atoms with E-state index in [1.807, 2.05) is 13.8 Å². The van der Waals surface area contributed by atoms with Crippen LogP contribution in [0.5, 0.6) is 5.75 Å². The Labute approximate surface area is 169 Å². The third-order valence-corrected chi connectivity index (χ3v) is 4.56. The fraction of sp³-hybridized carbons (Fsp3) is 0.238. The second-order valence-corrected chi connectivity index (χ2v) is 6.59. The van der Waals surface area contributed by atoms with E-state index < -0.39 is 0 Å². The normalized spacial score (nSPS) is 10.8. The van der Waals surface area contributed by atoms with E-state index in [1.54, 1.807) is 53.4 Å². The second-order valence-electron chi connectivity index (χ2n) is 5.74. The largest absolute Gasteiger partial charge is 0.484 e. The highest BCUT2D eigenvalue weighted by atomic mass is 35.5. The Morgan fingerprint density at radius 2 is 1.70 bits per heavy atom. The van der Waals surface area contributed by atoms with E-state index in [1.165, 1.54) is 6.08 Å². The zero-order chi connectivity index (χ0) is 19.8. The third-order valence-electron chi connectivity index (χ3n) is 3.99. The summed E-state index contributed by atoms with van der Waals surface area (Å²) >= 11 is 11.9. The van der Waals surface area contributed by atoms with Gasteiger partial charge in [-0.2, -0.15) is 0 Å². The van der Waals surface area contributed by atoms with E-state index in [4.69, 9.17) is 27.9 Å². The molecule has 27 heavy (non-hydrogen) atoms. The predicted octanol–water partition coefficient (Wildman–Crippen LogP) is 5.14. The molecule has 0 aliphatic carbocycles. The number of halogens is 2. The van der Waals surface area contributed by atoms with Gasteiger partial charge in [-0.05, 0) is 68.0 Å². The fourth-order valence-electron chi connectivity index (χ4n) is 2.43. The maximum atomic E-state index is 12.3. The van der Waals surface area contributed by atoms with Crippen molar-refractivity contribution in [2.45, 2.75) is 13.8 Å². The molecule has 2 aromatic rings. The molecule has 1 amide bonds. The first-order chi connectivity index (χ1) is 12.9. The van der Waals surface area contributed by atoms with Crippen molar-refractivity contribution in [3.8, 4) is 5.75 Å². The summed E-state index contributed by atoms with van der Waals surface area (Å²) in [4.78, 5) is 25.9. The Balaban J connectivity index is 1.97. The van der Waals surface area contributed by atoms with Crippen molar-refractivity contribution >= 4 is 41.0 Å². The van der Waals surface area contributed by atoms with Crippen LogP contribution in [-0.4, -0.2) is 36.3 Å². The van der Waals surface area contributed by atoms with Crippen LogP contribution in [0.1, 0.15) is 29.8 Å². The van der Waals surface area contributed by atoms with Gasteiger partial charge in [-0.15, -0.1) is 0 Å². The summed E-state index contributed by atoms with van der Waals surface area (Å²) in [6.07, 6.45) is 3.10. The van der Waals surface area contributed by atoms with Crippen LogP contribution in [0.15, 0.2) is 48.5 Å². The Hall–Kier alpha value is -2.30. The van der Waals surface area contributed by atoms with Gasteiger partial charge in [-0.25, -0.2) is 0 Å². The first kappa shape index (κ1) is 21.0. The van der Waals surface area contributed by atoms with Crippen LogP contribution < -0.4 is 4.74 Å². The SMILES string of the molecule is CCN(CC)C(=O)COc1ccc(C(=O)/C=C/c2ccc(Cl)cc2Cl)cc1. The van der Waals surface area contributed by atoms with Crippen LogP contribution in [-0.2, 0) is 4.79 Å². The van der Waals surface area contributed by atoms with Gasteiger partial charge < -0.3 is 9.64 Å². The molecule has 2 aromatic carbocycles. The predicted molar refractivity (Wildman–Crippen MR) is 110 cm³/mol. The lowest BCUT2D eigenvalue weighted by atomic mass is 10.1. The Kier molecular flexibility index (Phi) is 7.89. The van der Waals surface area contributed by atoms with E-state index in [0.29, 0.717) is 40.0 Å². The molecule has 0 spiro atoms. The van der Waals surface area contributed by atoms with E-state index >= 15 is 0 Å². The number of hydrogen-bond donors (Lipinski definition) is 0. The van der Waals surface area contributed by atoms with Gasteiger partial charge in [0.1, 0.15) is 5.75 Å². The molecule has 0 saturated carbocycles. The van der Waals surface area contributed by atoms with Crippen LogP contribution in [0, 0.1) is 0 Å². The van der Waals surface area contributed by atoms with Crippen molar-refractivity contribution in [1.82, 2.24) is 4.90 Å². The molecular formula is C21H21Cl2NO3. The summed E-state index contributed by atoms with van der Waals surface area (Å²) < 4.78 is 5.49. The van der Waals surface area contributed by atoms with Gasteiger partial charge in [0.05, 0.1) is 0 Å². The lowest BCUT2D eigenvalue weighted by Crippen LogP contribution is -2.34. The van der Waals surface area contributed by atoms with Crippen LogP contribution >= 0.6 is 23.2 Å². The smallest absolute Gasteiger partial charge is 0.260 e. The van der Waals surface area contributed by atoms with Gasteiger partial charge >= 0.3 is 0 Å². The highest BCUT2D eigenvalue weighted by Gasteiger charge is 2.10. The van der Waals surface area contributed by atoms with Gasteiger partial charge in [0.2, 0.25) is 0 Å². The summed E-state index contributed by atoms with van der Waals surface area (Å²) in [5, 5.41) is 1.02. The average molecular weight is 406 g/mol. The van der Waals surface area contributed by atoms with Crippen LogP contribution in [0.4, 0.5) is 0 Å². The van der Waals surface area contributed by atoms with E-state index in [0.717, 1.165) is 0 Å². The maximum Gasteiger partial charge on any atom is 0.260 e. The van der Waals surface area contributed by atoms with Gasteiger partial charge in [-0.1, -0.05) is 29.3 Å². The molecule has 0 heterocycles. The highest BCUT2D eigenvalue weighted by Crippen LogP contribution is 2.22. The molecule has 0 fully saturated rings. The van der Waals surface area contributed by atoms with Crippen molar-refractivity contribution in [2.24, 2.45) is 0 Å². The number of allylic oxidation sites excluding steroid dienone is 1. The summed E-state index contributed by atoms with van der Waals surface area (Å²) in [6.45, 7) is 5.12.